The molecule has 2 aromatic heterocycles. The van der Waals surface area contributed by atoms with Crippen LogP contribution in [0.15, 0.2) is 36.7 Å². The van der Waals surface area contributed by atoms with Gasteiger partial charge in [0.05, 0.1) is 11.8 Å². The summed E-state index contributed by atoms with van der Waals surface area (Å²) < 4.78 is 6.03. The zero-order chi connectivity index (χ0) is 17.6. The summed E-state index contributed by atoms with van der Waals surface area (Å²) in [5.74, 6) is 0.669. The van der Waals surface area contributed by atoms with Gasteiger partial charge in [0, 0.05) is 24.0 Å². The van der Waals surface area contributed by atoms with Crippen molar-refractivity contribution in [2.45, 2.75) is 44.8 Å². The van der Waals surface area contributed by atoms with Crippen LogP contribution < -0.4 is 10.1 Å². The first-order chi connectivity index (χ1) is 12.2. The number of nitrogens with one attached hydrogen (secondary N) is 1. The molecule has 128 valence electrons. The number of ether oxygens (including phenoxy) is 1. The Kier molecular flexibility index (Phi) is 5.24. The number of amides is 1. The third-order valence-electron chi connectivity index (χ3n) is 4.40. The fourth-order valence-electron chi connectivity index (χ4n) is 3.00. The molecule has 1 N–H and O–H groups in total. The first kappa shape index (κ1) is 16.9. The van der Waals surface area contributed by atoms with E-state index in [1.807, 2.05) is 25.1 Å². The SMILES string of the molecule is Cc1ncccc1OC1CCC(NC(=O)c2ccnc(C#N)c2)CC1. The van der Waals surface area contributed by atoms with E-state index >= 15 is 0 Å². The van der Waals surface area contributed by atoms with E-state index in [0.717, 1.165) is 37.1 Å². The summed E-state index contributed by atoms with van der Waals surface area (Å²) in [6, 6.07) is 9.01. The van der Waals surface area contributed by atoms with Gasteiger partial charge in [-0.3, -0.25) is 9.78 Å². The number of hydrogen-bond acceptors (Lipinski definition) is 5. The molecule has 6 nitrogen and oxygen atoms in total. The van der Waals surface area contributed by atoms with Gasteiger partial charge < -0.3 is 10.1 Å². The highest BCUT2D eigenvalue weighted by Crippen LogP contribution is 2.25. The van der Waals surface area contributed by atoms with Crippen molar-refractivity contribution >= 4 is 5.91 Å². The van der Waals surface area contributed by atoms with Crippen molar-refractivity contribution in [2.24, 2.45) is 0 Å². The molecule has 3 rings (SSSR count). The number of carbonyl (C=O) groups excluding carboxylic acids is 1. The number of hydrogen-bond donors (Lipinski definition) is 1. The van der Waals surface area contributed by atoms with Gasteiger partial charge in [-0.1, -0.05) is 0 Å². The van der Waals surface area contributed by atoms with Crippen molar-refractivity contribution in [1.29, 1.82) is 5.26 Å². The monoisotopic (exact) mass is 336 g/mol. The molecule has 0 saturated heterocycles. The predicted molar refractivity (Wildman–Crippen MR) is 92.1 cm³/mol. The Labute approximate surface area is 146 Å². The van der Waals surface area contributed by atoms with Crippen molar-refractivity contribution in [3.05, 3.63) is 53.6 Å². The van der Waals surface area contributed by atoms with Gasteiger partial charge in [0.25, 0.3) is 5.91 Å². The van der Waals surface area contributed by atoms with Crippen LogP contribution in [0.3, 0.4) is 0 Å². The van der Waals surface area contributed by atoms with Crippen LogP contribution in [0, 0.1) is 18.3 Å². The van der Waals surface area contributed by atoms with E-state index < -0.39 is 0 Å². The molecule has 0 spiro atoms. The molecular weight excluding hydrogens is 316 g/mol. The predicted octanol–water partition coefficient (Wildman–Crippen LogP) is 2.78. The summed E-state index contributed by atoms with van der Waals surface area (Å²) in [6.45, 7) is 1.94. The lowest BCUT2D eigenvalue weighted by Gasteiger charge is -2.29. The lowest BCUT2D eigenvalue weighted by molar-refractivity contribution is 0.0893. The van der Waals surface area contributed by atoms with Gasteiger partial charge >= 0.3 is 0 Å². The van der Waals surface area contributed by atoms with Gasteiger partial charge in [0.1, 0.15) is 17.5 Å². The summed E-state index contributed by atoms with van der Waals surface area (Å²) in [5, 5.41) is 11.9. The topological polar surface area (TPSA) is 87.9 Å². The van der Waals surface area contributed by atoms with E-state index in [0.29, 0.717) is 5.56 Å². The molecule has 1 aliphatic carbocycles. The normalized spacial score (nSPS) is 19.7. The Balaban J connectivity index is 1.51. The first-order valence-corrected chi connectivity index (χ1v) is 8.41. The standard InChI is InChI=1S/C19H20N4O2/c1-13-18(3-2-9-21-13)25-17-6-4-15(5-7-17)23-19(24)14-8-10-22-16(11-14)12-20/h2-3,8-11,15,17H,4-7H2,1H3,(H,23,24). The van der Waals surface area contributed by atoms with E-state index in [9.17, 15) is 4.79 Å². The molecule has 2 aromatic rings. The minimum atomic E-state index is -0.161. The summed E-state index contributed by atoms with van der Waals surface area (Å²) >= 11 is 0. The highest BCUT2D eigenvalue weighted by molar-refractivity contribution is 5.94. The first-order valence-electron chi connectivity index (χ1n) is 8.41. The second-order valence-corrected chi connectivity index (χ2v) is 6.19. The quantitative estimate of drug-likeness (QED) is 0.927. The van der Waals surface area contributed by atoms with Crippen molar-refractivity contribution in [3.8, 4) is 11.8 Å². The molecule has 6 heteroatoms. The molecule has 1 aliphatic rings. The number of aryl methyl sites for hydroxylation is 1. The molecule has 0 aliphatic heterocycles. The maximum atomic E-state index is 12.3. The van der Waals surface area contributed by atoms with Gasteiger partial charge in [-0.25, -0.2) is 4.98 Å². The average Bonchev–Trinajstić information content (AvgIpc) is 2.65. The van der Waals surface area contributed by atoms with Crippen LogP contribution in [0.1, 0.15) is 47.4 Å². The van der Waals surface area contributed by atoms with Gasteiger partial charge in [-0.15, -0.1) is 0 Å². The van der Waals surface area contributed by atoms with Crippen molar-refractivity contribution in [2.75, 3.05) is 0 Å². The van der Waals surface area contributed by atoms with Crippen LogP contribution in [0.5, 0.6) is 5.75 Å². The third-order valence-corrected chi connectivity index (χ3v) is 4.40. The molecule has 2 heterocycles. The molecule has 0 unspecified atom stereocenters. The van der Waals surface area contributed by atoms with Gasteiger partial charge in [-0.05, 0) is 56.9 Å². The minimum absolute atomic E-state index is 0.126. The van der Waals surface area contributed by atoms with E-state index in [2.05, 4.69) is 15.3 Å². The fraction of sp³-hybridized carbons (Fsp3) is 0.368. The van der Waals surface area contributed by atoms with E-state index in [4.69, 9.17) is 10.00 Å². The molecule has 1 amide bonds. The van der Waals surface area contributed by atoms with Crippen LogP contribution in [0.2, 0.25) is 0 Å². The zero-order valence-corrected chi connectivity index (χ0v) is 14.1. The second-order valence-electron chi connectivity index (χ2n) is 6.19. The third kappa shape index (κ3) is 4.32. The summed E-state index contributed by atoms with van der Waals surface area (Å²) in [5.41, 5.74) is 1.61. The van der Waals surface area contributed by atoms with E-state index in [-0.39, 0.29) is 23.7 Å². The highest BCUT2D eigenvalue weighted by atomic mass is 16.5. The number of aromatic nitrogens is 2. The van der Waals surface area contributed by atoms with Crippen LogP contribution in [0.4, 0.5) is 0 Å². The van der Waals surface area contributed by atoms with Crippen molar-refractivity contribution in [1.82, 2.24) is 15.3 Å². The number of carbonyl (C=O) groups is 1. The van der Waals surface area contributed by atoms with E-state index in [1.54, 1.807) is 12.3 Å². The highest BCUT2D eigenvalue weighted by Gasteiger charge is 2.24. The fourth-order valence-corrected chi connectivity index (χ4v) is 3.00. The number of nitrogens with zero attached hydrogens (tertiary/aromatic N) is 3. The number of pyridine rings is 2. The maximum absolute atomic E-state index is 12.3. The lowest BCUT2D eigenvalue weighted by atomic mass is 9.92. The Morgan fingerprint density at radius 2 is 2.04 bits per heavy atom. The van der Waals surface area contributed by atoms with Gasteiger partial charge in [0.2, 0.25) is 0 Å². The molecular formula is C19H20N4O2. The zero-order valence-electron chi connectivity index (χ0n) is 14.1. The Hall–Kier alpha value is -2.94. The molecule has 25 heavy (non-hydrogen) atoms. The molecule has 0 radical (unpaired) electrons. The molecule has 0 atom stereocenters. The number of nitriles is 1. The molecule has 0 aromatic carbocycles. The summed E-state index contributed by atoms with van der Waals surface area (Å²) in [4.78, 5) is 20.4. The molecule has 0 bridgehead atoms. The Morgan fingerprint density at radius 1 is 1.24 bits per heavy atom. The summed E-state index contributed by atoms with van der Waals surface area (Å²) in [6.07, 6.45) is 6.90. The maximum Gasteiger partial charge on any atom is 0.251 e. The average molecular weight is 336 g/mol. The van der Waals surface area contributed by atoms with Crippen LogP contribution in [-0.4, -0.2) is 28.0 Å². The van der Waals surface area contributed by atoms with Crippen LogP contribution >= 0.6 is 0 Å². The van der Waals surface area contributed by atoms with Crippen LogP contribution in [-0.2, 0) is 0 Å². The molecule has 1 saturated carbocycles. The van der Waals surface area contributed by atoms with Crippen LogP contribution in [0.25, 0.3) is 0 Å². The Morgan fingerprint density at radius 3 is 2.76 bits per heavy atom. The lowest BCUT2D eigenvalue weighted by Crippen LogP contribution is -2.39. The van der Waals surface area contributed by atoms with Crippen molar-refractivity contribution < 1.29 is 9.53 Å². The van der Waals surface area contributed by atoms with Crippen molar-refractivity contribution in [3.63, 3.8) is 0 Å². The second kappa shape index (κ2) is 7.75. The summed E-state index contributed by atoms with van der Waals surface area (Å²) in [7, 11) is 0. The van der Waals surface area contributed by atoms with Gasteiger partial charge in [-0.2, -0.15) is 5.26 Å². The van der Waals surface area contributed by atoms with Gasteiger partial charge in [0.15, 0.2) is 0 Å². The largest absolute Gasteiger partial charge is 0.489 e. The number of rotatable bonds is 4. The van der Waals surface area contributed by atoms with E-state index in [1.165, 1.54) is 12.3 Å². The minimum Gasteiger partial charge on any atom is -0.489 e. The Bertz CT molecular complexity index is 792. The molecule has 1 fully saturated rings. The smallest absolute Gasteiger partial charge is 0.251 e.